The van der Waals surface area contributed by atoms with Crippen molar-refractivity contribution >= 4 is 33.2 Å². The summed E-state index contributed by atoms with van der Waals surface area (Å²) in [5.74, 6) is -0.217. The van der Waals surface area contributed by atoms with Crippen molar-refractivity contribution in [3.63, 3.8) is 0 Å². The highest BCUT2D eigenvalue weighted by atomic mass is 32.2. The standard InChI is InChI=1S/C19H22N4O4S/c20-19(25)22-16-8-4-7-15(13-16)21-18(24)17(14-5-2-1-3-6-14)23-9-11-28(26,27)12-10-23/h1-8,13,17H,9-12H2,(H,21,24)(H3,20,22,25). The summed E-state index contributed by atoms with van der Waals surface area (Å²) in [7, 11) is -3.06. The Morgan fingerprint density at radius 2 is 1.54 bits per heavy atom. The van der Waals surface area contributed by atoms with Gasteiger partial charge in [-0.15, -0.1) is 0 Å². The molecule has 9 heteroatoms. The van der Waals surface area contributed by atoms with Gasteiger partial charge < -0.3 is 16.4 Å². The molecule has 0 radical (unpaired) electrons. The zero-order valence-corrected chi connectivity index (χ0v) is 16.0. The Labute approximate surface area is 163 Å². The van der Waals surface area contributed by atoms with E-state index in [-0.39, 0.29) is 17.4 Å². The van der Waals surface area contributed by atoms with Gasteiger partial charge in [-0.25, -0.2) is 13.2 Å². The van der Waals surface area contributed by atoms with Crippen molar-refractivity contribution in [3.8, 4) is 0 Å². The molecular weight excluding hydrogens is 380 g/mol. The molecule has 148 valence electrons. The van der Waals surface area contributed by atoms with Crippen LogP contribution in [0.1, 0.15) is 11.6 Å². The first-order valence-electron chi connectivity index (χ1n) is 8.81. The molecule has 1 saturated heterocycles. The summed E-state index contributed by atoms with van der Waals surface area (Å²) in [6, 6.07) is 14.6. The van der Waals surface area contributed by atoms with E-state index in [2.05, 4.69) is 10.6 Å². The van der Waals surface area contributed by atoms with Crippen LogP contribution in [0.4, 0.5) is 16.2 Å². The molecule has 0 bridgehead atoms. The molecule has 3 rings (SSSR count). The maximum atomic E-state index is 13.1. The third-order valence-electron chi connectivity index (χ3n) is 4.51. The van der Waals surface area contributed by atoms with Crippen molar-refractivity contribution < 1.29 is 18.0 Å². The number of primary amides is 1. The van der Waals surface area contributed by atoms with E-state index in [0.717, 1.165) is 5.56 Å². The van der Waals surface area contributed by atoms with E-state index in [1.54, 1.807) is 24.3 Å². The number of carbonyl (C=O) groups excluding carboxylic acids is 2. The molecule has 0 spiro atoms. The summed E-state index contributed by atoms with van der Waals surface area (Å²) in [6.07, 6.45) is 0. The maximum absolute atomic E-state index is 13.1. The van der Waals surface area contributed by atoms with Crippen LogP contribution in [-0.4, -0.2) is 49.9 Å². The number of nitrogens with zero attached hydrogens (tertiary/aromatic N) is 1. The summed E-state index contributed by atoms with van der Waals surface area (Å²) >= 11 is 0. The van der Waals surface area contributed by atoms with Crippen LogP contribution in [0, 0.1) is 0 Å². The second-order valence-corrected chi connectivity index (χ2v) is 8.86. The molecule has 2 aromatic carbocycles. The first-order chi connectivity index (χ1) is 13.3. The Hall–Kier alpha value is -2.91. The zero-order valence-electron chi connectivity index (χ0n) is 15.2. The third kappa shape index (κ3) is 5.08. The third-order valence-corrected chi connectivity index (χ3v) is 6.11. The van der Waals surface area contributed by atoms with Gasteiger partial charge in [0.15, 0.2) is 9.84 Å². The number of sulfone groups is 1. The smallest absolute Gasteiger partial charge is 0.316 e. The molecule has 2 aromatic rings. The van der Waals surface area contributed by atoms with Gasteiger partial charge in [-0.2, -0.15) is 0 Å². The fourth-order valence-electron chi connectivity index (χ4n) is 3.18. The molecule has 0 aromatic heterocycles. The lowest BCUT2D eigenvalue weighted by atomic mass is 10.0. The van der Waals surface area contributed by atoms with E-state index >= 15 is 0 Å². The molecule has 8 nitrogen and oxygen atoms in total. The molecule has 28 heavy (non-hydrogen) atoms. The molecule has 4 N–H and O–H groups in total. The number of rotatable bonds is 5. The molecule has 3 amide bonds. The van der Waals surface area contributed by atoms with E-state index in [9.17, 15) is 18.0 Å². The molecule has 0 saturated carbocycles. The zero-order chi connectivity index (χ0) is 20.1. The van der Waals surface area contributed by atoms with Gasteiger partial charge in [0.2, 0.25) is 5.91 Å². The molecule has 1 fully saturated rings. The summed E-state index contributed by atoms with van der Waals surface area (Å²) in [6.45, 7) is 0.581. The fourth-order valence-corrected chi connectivity index (χ4v) is 4.41. The van der Waals surface area contributed by atoms with Gasteiger partial charge in [0.25, 0.3) is 0 Å². The lowest BCUT2D eigenvalue weighted by Gasteiger charge is -2.33. The average molecular weight is 402 g/mol. The number of hydrogen-bond donors (Lipinski definition) is 3. The minimum Gasteiger partial charge on any atom is -0.351 e. The van der Waals surface area contributed by atoms with Crippen molar-refractivity contribution in [2.75, 3.05) is 35.2 Å². The summed E-state index contributed by atoms with van der Waals surface area (Å²) in [5.41, 5.74) is 6.87. The van der Waals surface area contributed by atoms with Crippen LogP contribution in [0.15, 0.2) is 54.6 Å². The molecule has 0 aliphatic carbocycles. The number of carbonyl (C=O) groups is 2. The number of nitrogens with one attached hydrogen (secondary N) is 2. The number of nitrogens with two attached hydrogens (primary N) is 1. The molecule has 1 heterocycles. The highest BCUT2D eigenvalue weighted by molar-refractivity contribution is 7.91. The second kappa shape index (κ2) is 8.41. The van der Waals surface area contributed by atoms with Gasteiger partial charge in [0.1, 0.15) is 6.04 Å². The molecule has 1 aliphatic heterocycles. The summed E-state index contributed by atoms with van der Waals surface area (Å²) in [4.78, 5) is 26.0. The largest absolute Gasteiger partial charge is 0.351 e. The van der Waals surface area contributed by atoms with Crippen LogP contribution in [0.3, 0.4) is 0 Å². The van der Waals surface area contributed by atoms with Crippen LogP contribution in [0.2, 0.25) is 0 Å². The predicted molar refractivity (Wildman–Crippen MR) is 108 cm³/mol. The van der Waals surface area contributed by atoms with Gasteiger partial charge in [-0.3, -0.25) is 9.69 Å². The monoisotopic (exact) mass is 402 g/mol. The summed E-state index contributed by atoms with van der Waals surface area (Å²) < 4.78 is 23.5. The number of hydrogen-bond acceptors (Lipinski definition) is 5. The number of amides is 3. The lowest BCUT2D eigenvalue weighted by molar-refractivity contribution is -0.121. The number of anilines is 2. The predicted octanol–water partition coefficient (Wildman–Crippen LogP) is 1.59. The van der Waals surface area contributed by atoms with E-state index in [4.69, 9.17) is 5.73 Å². The minimum absolute atomic E-state index is 0.0294. The first kappa shape index (κ1) is 19.8. The fraction of sp³-hybridized carbons (Fsp3) is 0.263. The second-order valence-electron chi connectivity index (χ2n) is 6.56. The van der Waals surface area contributed by atoms with E-state index in [0.29, 0.717) is 24.5 Å². The highest BCUT2D eigenvalue weighted by Crippen LogP contribution is 2.25. The highest BCUT2D eigenvalue weighted by Gasteiger charge is 2.32. The topological polar surface area (TPSA) is 122 Å². The van der Waals surface area contributed by atoms with Gasteiger partial charge in [-0.05, 0) is 23.8 Å². The van der Waals surface area contributed by atoms with Gasteiger partial charge in [0.05, 0.1) is 11.5 Å². The van der Waals surface area contributed by atoms with Gasteiger partial charge in [0, 0.05) is 24.5 Å². The molecule has 1 atom stereocenters. The van der Waals surface area contributed by atoms with Gasteiger partial charge in [-0.1, -0.05) is 36.4 Å². The van der Waals surface area contributed by atoms with Crippen molar-refractivity contribution in [3.05, 3.63) is 60.2 Å². The van der Waals surface area contributed by atoms with Crippen molar-refractivity contribution in [1.82, 2.24) is 4.90 Å². The van der Waals surface area contributed by atoms with E-state index in [1.165, 1.54) is 0 Å². The molecule has 1 unspecified atom stereocenters. The van der Waals surface area contributed by atoms with Gasteiger partial charge >= 0.3 is 6.03 Å². The van der Waals surface area contributed by atoms with E-state index < -0.39 is 21.9 Å². The molecular formula is C19H22N4O4S. The van der Waals surface area contributed by atoms with E-state index in [1.807, 2.05) is 35.2 Å². The number of benzene rings is 2. The Kier molecular flexibility index (Phi) is 5.96. The lowest BCUT2D eigenvalue weighted by Crippen LogP contribution is -2.46. The van der Waals surface area contributed by atoms with Crippen molar-refractivity contribution in [2.45, 2.75) is 6.04 Å². The van der Waals surface area contributed by atoms with Crippen LogP contribution in [0.5, 0.6) is 0 Å². The molecule has 1 aliphatic rings. The van der Waals surface area contributed by atoms with Crippen molar-refractivity contribution in [2.24, 2.45) is 5.73 Å². The van der Waals surface area contributed by atoms with Crippen LogP contribution < -0.4 is 16.4 Å². The quantitative estimate of drug-likeness (QED) is 0.701. The summed E-state index contributed by atoms with van der Waals surface area (Å²) in [5, 5.41) is 5.31. The van der Waals surface area contributed by atoms with Crippen LogP contribution in [0.25, 0.3) is 0 Å². The Bertz CT molecular complexity index is 949. The Morgan fingerprint density at radius 1 is 0.929 bits per heavy atom. The SMILES string of the molecule is NC(=O)Nc1cccc(NC(=O)C(c2ccccc2)N2CCS(=O)(=O)CC2)c1. The Morgan fingerprint density at radius 3 is 2.14 bits per heavy atom. The minimum atomic E-state index is -3.06. The first-order valence-corrected chi connectivity index (χ1v) is 10.6. The Balaban J connectivity index is 1.82. The van der Waals surface area contributed by atoms with Crippen molar-refractivity contribution in [1.29, 1.82) is 0 Å². The van der Waals surface area contributed by atoms with Crippen LogP contribution >= 0.6 is 0 Å². The normalized spacial score (nSPS) is 17.4. The maximum Gasteiger partial charge on any atom is 0.316 e. The number of urea groups is 1. The van der Waals surface area contributed by atoms with Crippen LogP contribution in [-0.2, 0) is 14.6 Å². The average Bonchev–Trinajstić information content (AvgIpc) is 2.64.